The van der Waals surface area contributed by atoms with Crippen molar-refractivity contribution in [2.24, 2.45) is 0 Å². The number of nitrogens with one attached hydrogen (secondary N) is 1. The van der Waals surface area contributed by atoms with Crippen LogP contribution in [-0.2, 0) is 0 Å². The van der Waals surface area contributed by atoms with Gasteiger partial charge in [0.1, 0.15) is 0 Å². The fraction of sp³-hybridized carbons (Fsp3) is 0.400. The largest absolute Gasteiger partial charge is 0.314 e. The Morgan fingerprint density at radius 3 is 2.50 bits per heavy atom. The minimum absolute atomic E-state index is 0.435. The van der Waals surface area contributed by atoms with Crippen molar-refractivity contribution in [1.82, 2.24) is 10.2 Å². The summed E-state index contributed by atoms with van der Waals surface area (Å²) in [6.45, 7) is 12.9. The summed E-state index contributed by atoms with van der Waals surface area (Å²) in [5, 5.41) is 6.23. The van der Waals surface area contributed by atoms with Crippen LogP contribution in [-0.4, -0.2) is 31.1 Å². The molecule has 1 fully saturated rings. The number of piperazine rings is 1. The fourth-order valence-electron chi connectivity index (χ4n) is 3.52. The first kappa shape index (κ1) is 15.3. The summed E-state index contributed by atoms with van der Waals surface area (Å²) >= 11 is 0. The van der Waals surface area contributed by atoms with Crippen molar-refractivity contribution in [2.45, 2.75) is 26.3 Å². The van der Waals surface area contributed by atoms with Gasteiger partial charge in [0.25, 0.3) is 0 Å². The average Bonchev–Trinajstić information content (AvgIpc) is 2.54. The van der Waals surface area contributed by atoms with Crippen molar-refractivity contribution in [2.75, 3.05) is 26.2 Å². The molecule has 0 amide bonds. The Morgan fingerprint density at radius 2 is 1.82 bits per heavy atom. The molecule has 3 rings (SSSR count). The molecule has 1 atom stereocenters. The van der Waals surface area contributed by atoms with Crippen LogP contribution in [0.5, 0.6) is 0 Å². The highest BCUT2D eigenvalue weighted by molar-refractivity contribution is 5.89. The summed E-state index contributed by atoms with van der Waals surface area (Å²) in [6, 6.07) is 13.8. The lowest BCUT2D eigenvalue weighted by molar-refractivity contribution is 0.173. The van der Waals surface area contributed by atoms with Crippen LogP contribution in [0.4, 0.5) is 0 Å². The molecule has 1 aliphatic heterocycles. The van der Waals surface area contributed by atoms with E-state index in [-0.39, 0.29) is 0 Å². The molecule has 0 spiro atoms. The molecule has 0 aliphatic carbocycles. The van der Waals surface area contributed by atoms with Gasteiger partial charge in [-0.05, 0) is 42.2 Å². The Hall–Kier alpha value is -1.64. The molecule has 1 N–H and O–H groups in total. The first-order chi connectivity index (χ1) is 10.7. The molecule has 2 aromatic rings. The summed E-state index contributed by atoms with van der Waals surface area (Å²) < 4.78 is 0. The molecule has 116 valence electrons. The molecule has 0 aromatic heterocycles. The second kappa shape index (κ2) is 6.64. The van der Waals surface area contributed by atoms with E-state index in [0.717, 1.165) is 32.6 Å². The monoisotopic (exact) mass is 294 g/mol. The molecule has 2 nitrogen and oxygen atoms in total. The minimum Gasteiger partial charge on any atom is -0.314 e. The maximum atomic E-state index is 4.17. The number of hydrogen-bond donors (Lipinski definition) is 1. The predicted octanol–water partition coefficient (Wildman–Crippen LogP) is 4.06. The van der Waals surface area contributed by atoms with Gasteiger partial charge in [0.2, 0.25) is 0 Å². The van der Waals surface area contributed by atoms with Gasteiger partial charge in [-0.25, -0.2) is 0 Å². The fourth-order valence-corrected chi connectivity index (χ4v) is 3.52. The number of nitrogens with zero attached hydrogens (tertiary/aromatic N) is 1. The molecule has 0 unspecified atom stereocenters. The molecule has 0 bridgehead atoms. The molecule has 1 saturated heterocycles. The van der Waals surface area contributed by atoms with Crippen molar-refractivity contribution >= 4 is 10.8 Å². The van der Waals surface area contributed by atoms with Crippen LogP contribution in [0.3, 0.4) is 0 Å². The third-order valence-electron chi connectivity index (χ3n) is 4.67. The predicted molar refractivity (Wildman–Crippen MR) is 95.3 cm³/mol. The lowest BCUT2D eigenvalue weighted by Gasteiger charge is -2.36. The van der Waals surface area contributed by atoms with Crippen LogP contribution in [0.15, 0.2) is 48.6 Å². The first-order valence-corrected chi connectivity index (χ1v) is 8.24. The summed E-state index contributed by atoms with van der Waals surface area (Å²) in [6.07, 6.45) is 1.03. The van der Waals surface area contributed by atoms with Gasteiger partial charge in [-0.3, -0.25) is 4.90 Å². The second-order valence-corrected chi connectivity index (χ2v) is 6.48. The normalized spacial score (nSPS) is 17.5. The Kier molecular flexibility index (Phi) is 4.60. The third-order valence-corrected chi connectivity index (χ3v) is 4.67. The summed E-state index contributed by atoms with van der Waals surface area (Å²) in [4.78, 5) is 2.61. The molecule has 22 heavy (non-hydrogen) atoms. The number of benzene rings is 2. The molecule has 0 saturated carbocycles. The lowest BCUT2D eigenvalue weighted by Crippen LogP contribution is -2.45. The third kappa shape index (κ3) is 3.08. The zero-order chi connectivity index (χ0) is 15.5. The smallest absolute Gasteiger partial charge is 0.0392 e. The molecule has 1 heterocycles. The van der Waals surface area contributed by atoms with Crippen molar-refractivity contribution in [3.8, 4) is 0 Å². The molecular weight excluding hydrogens is 268 g/mol. The van der Waals surface area contributed by atoms with E-state index >= 15 is 0 Å². The zero-order valence-electron chi connectivity index (χ0n) is 13.7. The van der Waals surface area contributed by atoms with Crippen LogP contribution < -0.4 is 5.32 Å². The van der Waals surface area contributed by atoms with Gasteiger partial charge < -0.3 is 5.32 Å². The second-order valence-electron chi connectivity index (χ2n) is 6.48. The van der Waals surface area contributed by atoms with E-state index in [2.05, 4.69) is 67.0 Å². The average molecular weight is 294 g/mol. The summed E-state index contributed by atoms with van der Waals surface area (Å²) in [5.74, 6) is 0. The van der Waals surface area contributed by atoms with Crippen LogP contribution in [0.25, 0.3) is 10.8 Å². The maximum Gasteiger partial charge on any atom is 0.0392 e. The quantitative estimate of drug-likeness (QED) is 0.855. The van der Waals surface area contributed by atoms with Crippen LogP contribution >= 0.6 is 0 Å². The van der Waals surface area contributed by atoms with Gasteiger partial charge >= 0.3 is 0 Å². The van der Waals surface area contributed by atoms with Gasteiger partial charge in [-0.2, -0.15) is 0 Å². The Balaban J connectivity index is 2.07. The highest BCUT2D eigenvalue weighted by Gasteiger charge is 2.23. The Morgan fingerprint density at radius 1 is 1.14 bits per heavy atom. The SMILES string of the molecule is C=C(C)C[C@H](c1ccc(C)c2ccccc12)N1CCNCC1. The topological polar surface area (TPSA) is 15.3 Å². The highest BCUT2D eigenvalue weighted by atomic mass is 15.2. The van der Waals surface area contributed by atoms with Crippen molar-refractivity contribution in [3.05, 3.63) is 59.7 Å². The van der Waals surface area contributed by atoms with E-state index in [0.29, 0.717) is 6.04 Å². The molecular formula is C20H26N2. The highest BCUT2D eigenvalue weighted by Crippen LogP contribution is 2.34. The van der Waals surface area contributed by atoms with E-state index in [1.165, 1.54) is 27.5 Å². The molecule has 1 aliphatic rings. The Labute approximate surface area is 133 Å². The molecule has 2 heteroatoms. The lowest BCUT2D eigenvalue weighted by atomic mass is 9.91. The number of rotatable bonds is 4. The van der Waals surface area contributed by atoms with Gasteiger partial charge in [-0.15, -0.1) is 6.58 Å². The maximum absolute atomic E-state index is 4.17. The van der Waals surface area contributed by atoms with E-state index in [1.807, 2.05) is 0 Å². The number of aryl methyl sites for hydroxylation is 1. The van der Waals surface area contributed by atoms with Crippen molar-refractivity contribution < 1.29 is 0 Å². The Bertz CT molecular complexity index is 668. The number of hydrogen-bond acceptors (Lipinski definition) is 2. The van der Waals surface area contributed by atoms with Crippen LogP contribution in [0.2, 0.25) is 0 Å². The van der Waals surface area contributed by atoms with Gasteiger partial charge in [0.15, 0.2) is 0 Å². The number of fused-ring (bicyclic) bond motifs is 1. The van der Waals surface area contributed by atoms with Crippen molar-refractivity contribution in [3.63, 3.8) is 0 Å². The van der Waals surface area contributed by atoms with Gasteiger partial charge in [-0.1, -0.05) is 42.0 Å². The zero-order valence-corrected chi connectivity index (χ0v) is 13.7. The standard InChI is InChI=1S/C20H26N2/c1-15(2)14-20(22-12-10-21-11-13-22)19-9-8-16(3)17-6-4-5-7-18(17)19/h4-9,20-21H,1,10-14H2,2-3H3/t20-/m1/s1. The van der Waals surface area contributed by atoms with E-state index in [1.54, 1.807) is 0 Å². The first-order valence-electron chi connectivity index (χ1n) is 8.24. The minimum atomic E-state index is 0.435. The summed E-state index contributed by atoms with van der Waals surface area (Å²) in [5.41, 5.74) is 4.06. The van der Waals surface area contributed by atoms with Gasteiger partial charge in [0, 0.05) is 32.2 Å². The molecule has 2 aromatic carbocycles. The van der Waals surface area contributed by atoms with Gasteiger partial charge in [0.05, 0.1) is 0 Å². The van der Waals surface area contributed by atoms with Crippen LogP contribution in [0.1, 0.15) is 30.5 Å². The van der Waals surface area contributed by atoms with E-state index < -0.39 is 0 Å². The summed E-state index contributed by atoms with van der Waals surface area (Å²) in [7, 11) is 0. The molecule has 0 radical (unpaired) electrons. The van der Waals surface area contributed by atoms with E-state index in [9.17, 15) is 0 Å². The van der Waals surface area contributed by atoms with Crippen LogP contribution in [0, 0.1) is 6.92 Å². The van der Waals surface area contributed by atoms with Crippen molar-refractivity contribution in [1.29, 1.82) is 0 Å². The van der Waals surface area contributed by atoms with E-state index in [4.69, 9.17) is 0 Å².